The molecule has 1 fully saturated rings. The van der Waals surface area contributed by atoms with Gasteiger partial charge >= 0.3 is 5.97 Å². The van der Waals surface area contributed by atoms with Crippen molar-refractivity contribution in [2.75, 3.05) is 0 Å². The number of Topliss-reactive ketones (excluding diaryl/α,β-unsaturated/α-hetero) is 1. The maximum atomic E-state index is 11.9. The number of ketones is 1. The molecule has 1 saturated carbocycles. The van der Waals surface area contributed by atoms with E-state index in [-0.39, 0.29) is 23.2 Å². The molecule has 0 radical (unpaired) electrons. The van der Waals surface area contributed by atoms with E-state index in [0.29, 0.717) is 0 Å². The van der Waals surface area contributed by atoms with E-state index in [0.717, 1.165) is 25.7 Å². The van der Waals surface area contributed by atoms with E-state index in [4.69, 9.17) is 9.52 Å². The summed E-state index contributed by atoms with van der Waals surface area (Å²) in [5, 5.41) is 8.69. The topological polar surface area (TPSA) is 67.5 Å². The smallest absolute Gasteiger partial charge is 0.371 e. The highest BCUT2D eigenvalue weighted by Crippen LogP contribution is 2.27. The van der Waals surface area contributed by atoms with E-state index in [1.807, 2.05) is 0 Å². The van der Waals surface area contributed by atoms with Crippen LogP contribution in [0.3, 0.4) is 0 Å². The zero-order chi connectivity index (χ0) is 11.5. The second kappa shape index (κ2) is 4.51. The van der Waals surface area contributed by atoms with Crippen molar-refractivity contribution in [3.05, 3.63) is 23.7 Å². The molecule has 0 saturated heterocycles. The maximum Gasteiger partial charge on any atom is 0.371 e. The second-order valence-corrected chi connectivity index (χ2v) is 4.17. The van der Waals surface area contributed by atoms with Crippen LogP contribution in [0.5, 0.6) is 0 Å². The quantitative estimate of drug-likeness (QED) is 0.798. The highest BCUT2D eigenvalue weighted by atomic mass is 16.4. The summed E-state index contributed by atoms with van der Waals surface area (Å²) in [4.78, 5) is 22.6. The van der Waals surface area contributed by atoms with Crippen molar-refractivity contribution < 1.29 is 19.1 Å². The lowest BCUT2D eigenvalue weighted by atomic mass is 9.85. The molecule has 0 bridgehead atoms. The SMILES string of the molecule is O=C(O)c1ccc(C(=O)C2CCCCC2)o1. The first-order valence-corrected chi connectivity index (χ1v) is 5.56. The van der Waals surface area contributed by atoms with Gasteiger partial charge in [-0.15, -0.1) is 0 Å². The summed E-state index contributed by atoms with van der Waals surface area (Å²) in [6, 6.07) is 2.79. The van der Waals surface area contributed by atoms with Crippen molar-refractivity contribution in [1.29, 1.82) is 0 Å². The summed E-state index contributed by atoms with van der Waals surface area (Å²) in [7, 11) is 0. The molecule has 1 aromatic rings. The van der Waals surface area contributed by atoms with Gasteiger partial charge in [0.05, 0.1) is 0 Å². The molecule has 16 heavy (non-hydrogen) atoms. The number of aromatic carboxylic acids is 1. The number of carbonyl (C=O) groups is 2. The Kier molecular flexibility index (Phi) is 3.08. The van der Waals surface area contributed by atoms with Gasteiger partial charge in [-0.25, -0.2) is 4.79 Å². The van der Waals surface area contributed by atoms with E-state index in [1.54, 1.807) is 0 Å². The molecule has 1 N–H and O–H groups in total. The largest absolute Gasteiger partial charge is 0.475 e. The predicted octanol–water partition coefficient (Wildman–Crippen LogP) is 2.74. The van der Waals surface area contributed by atoms with E-state index < -0.39 is 5.97 Å². The first kappa shape index (κ1) is 10.9. The van der Waals surface area contributed by atoms with Gasteiger partial charge in [-0.1, -0.05) is 19.3 Å². The maximum absolute atomic E-state index is 11.9. The molecule has 0 atom stereocenters. The molecule has 1 aromatic heterocycles. The minimum absolute atomic E-state index is 0.0153. The summed E-state index contributed by atoms with van der Waals surface area (Å²) in [6.45, 7) is 0. The molecule has 0 amide bonds. The average Bonchev–Trinajstić information content (AvgIpc) is 2.78. The molecule has 1 aliphatic carbocycles. The molecule has 1 heterocycles. The monoisotopic (exact) mass is 222 g/mol. The highest BCUT2D eigenvalue weighted by molar-refractivity contribution is 5.96. The van der Waals surface area contributed by atoms with E-state index in [2.05, 4.69) is 0 Å². The van der Waals surface area contributed by atoms with Crippen LogP contribution < -0.4 is 0 Å². The molecule has 0 aromatic carbocycles. The number of carbonyl (C=O) groups excluding carboxylic acids is 1. The first-order chi connectivity index (χ1) is 7.68. The van der Waals surface area contributed by atoms with Gasteiger partial charge in [0.1, 0.15) is 0 Å². The Hall–Kier alpha value is -1.58. The van der Waals surface area contributed by atoms with Crippen LogP contribution in [0.1, 0.15) is 53.2 Å². The number of carboxylic acids is 1. The van der Waals surface area contributed by atoms with E-state index in [9.17, 15) is 9.59 Å². The fourth-order valence-electron chi connectivity index (χ4n) is 2.15. The van der Waals surface area contributed by atoms with Crippen molar-refractivity contribution >= 4 is 11.8 Å². The fraction of sp³-hybridized carbons (Fsp3) is 0.500. The molecule has 1 aliphatic rings. The lowest BCUT2D eigenvalue weighted by molar-refractivity contribution is 0.0658. The summed E-state index contributed by atoms with van der Waals surface area (Å²) < 4.78 is 5.01. The lowest BCUT2D eigenvalue weighted by Crippen LogP contribution is -2.17. The van der Waals surface area contributed by atoms with Gasteiger partial charge in [0.25, 0.3) is 0 Å². The van der Waals surface area contributed by atoms with Crippen molar-refractivity contribution in [1.82, 2.24) is 0 Å². The second-order valence-electron chi connectivity index (χ2n) is 4.17. The third-order valence-corrected chi connectivity index (χ3v) is 3.04. The van der Waals surface area contributed by atoms with Crippen LogP contribution in [0.4, 0.5) is 0 Å². The first-order valence-electron chi connectivity index (χ1n) is 5.56. The molecule has 2 rings (SSSR count). The molecular weight excluding hydrogens is 208 g/mol. The van der Waals surface area contributed by atoms with Crippen LogP contribution >= 0.6 is 0 Å². The molecule has 4 nitrogen and oxygen atoms in total. The van der Waals surface area contributed by atoms with Gasteiger partial charge in [0.15, 0.2) is 5.76 Å². The average molecular weight is 222 g/mol. The Labute approximate surface area is 93.3 Å². The van der Waals surface area contributed by atoms with E-state index >= 15 is 0 Å². The van der Waals surface area contributed by atoms with Crippen LogP contribution in [-0.2, 0) is 0 Å². The lowest BCUT2D eigenvalue weighted by Gasteiger charge is -2.18. The van der Waals surface area contributed by atoms with Crippen LogP contribution in [0.2, 0.25) is 0 Å². The summed E-state index contributed by atoms with van der Waals surface area (Å²) in [6.07, 6.45) is 5.11. The number of rotatable bonds is 3. The zero-order valence-electron chi connectivity index (χ0n) is 8.94. The summed E-state index contributed by atoms with van der Waals surface area (Å²) in [5.41, 5.74) is 0. The van der Waals surface area contributed by atoms with Crippen molar-refractivity contribution in [3.63, 3.8) is 0 Å². The molecule has 86 valence electrons. The van der Waals surface area contributed by atoms with Crippen molar-refractivity contribution in [2.24, 2.45) is 5.92 Å². The molecule has 0 unspecified atom stereocenters. The summed E-state index contributed by atoms with van der Waals surface area (Å²) in [5.74, 6) is -1.15. The predicted molar refractivity (Wildman–Crippen MR) is 56.6 cm³/mol. The number of carboxylic acid groups (broad SMARTS) is 1. The van der Waals surface area contributed by atoms with Crippen LogP contribution in [-0.4, -0.2) is 16.9 Å². The van der Waals surface area contributed by atoms with Gasteiger partial charge in [-0.3, -0.25) is 4.79 Å². The minimum atomic E-state index is -1.14. The minimum Gasteiger partial charge on any atom is -0.475 e. The number of hydrogen-bond donors (Lipinski definition) is 1. The highest BCUT2D eigenvalue weighted by Gasteiger charge is 2.25. The Morgan fingerprint density at radius 2 is 1.75 bits per heavy atom. The van der Waals surface area contributed by atoms with Crippen molar-refractivity contribution in [3.8, 4) is 0 Å². The number of furan rings is 1. The van der Waals surface area contributed by atoms with Gasteiger partial charge < -0.3 is 9.52 Å². The van der Waals surface area contributed by atoms with Gasteiger partial charge in [-0.05, 0) is 25.0 Å². The van der Waals surface area contributed by atoms with Gasteiger partial charge in [-0.2, -0.15) is 0 Å². The Morgan fingerprint density at radius 3 is 2.31 bits per heavy atom. The summed E-state index contributed by atoms with van der Waals surface area (Å²) >= 11 is 0. The van der Waals surface area contributed by atoms with Crippen LogP contribution in [0.15, 0.2) is 16.5 Å². The zero-order valence-corrected chi connectivity index (χ0v) is 8.94. The fourth-order valence-corrected chi connectivity index (χ4v) is 2.15. The molecule has 0 spiro atoms. The Bertz CT molecular complexity index is 399. The van der Waals surface area contributed by atoms with Gasteiger partial charge in [0, 0.05) is 5.92 Å². The van der Waals surface area contributed by atoms with Gasteiger partial charge in [0.2, 0.25) is 11.5 Å². The normalized spacial score (nSPS) is 17.2. The van der Waals surface area contributed by atoms with Crippen molar-refractivity contribution in [2.45, 2.75) is 32.1 Å². The Morgan fingerprint density at radius 1 is 1.12 bits per heavy atom. The standard InChI is InChI=1S/C12H14O4/c13-11(8-4-2-1-3-5-8)9-6-7-10(16-9)12(14)15/h6-8H,1-5H2,(H,14,15). The number of hydrogen-bond acceptors (Lipinski definition) is 3. The van der Waals surface area contributed by atoms with Crippen LogP contribution in [0.25, 0.3) is 0 Å². The molecular formula is C12H14O4. The van der Waals surface area contributed by atoms with Crippen LogP contribution in [0, 0.1) is 5.92 Å². The third-order valence-electron chi connectivity index (χ3n) is 3.04. The third kappa shape index (κ3) is 2.15. The van der Waals surface area contributed by atoms with E-state index in [1.165, 1.54) is 18.6 Å². The molecule has 4 heteroatoms. The Balaban J connectivity index is 2.10. The molecule has 0 aliphatic heterocycles.